The molecule has 1 unspecified atom stereocenters. The van der Waals surface area contributed by atoms with Gasteiger partial charge >= 0.3 is 5.97 Å². The maximum atomic E-state index is 11.8. The standard InChI is InChI=1S/C14H20N2O3/c1-14(13(18)19,11-3-5-12(17)6-4-11)16-9-2-7-15-8-10-16/h3-6,15,17H,2,7-10H2,1H3,(H,18,19). The Bertz CT molecular complexity index is 439. The van der Waals surface area contributed by atoms with Gasteiger partial charge in [0.05, 0.1) is 0 Å². The van der Waals surface area contributed by atoms with E-state index in [-0.39, 0.29) is 5.75 Å². The number of carboxylic acid groups (broad SMARTS) is 1. The van der Waals surface area contributed by atoms with E-state index in [4.69, 9.17) is 0 Å². The van der Waals surface area contributed by atoms with Crippen LogP contribution in [0.3, 0.4) is 0 Å². The second kappa shape index (κ2) is 5.59. The number of aliphatic carboxylic acids is 1. The second-order valence-electron chi connectivity index (χ2n) is 5.01. The highest BCUT2D eigenvalue weighted by molar-refractivity contribution is 5.80. The summed E-state index contributed by atoms with van der Waals surface area (Å²) in [5.41, 5.74) is -0.362. The molecule has 104 valence electrons. The van der Waals surface area contributed by atoms with Crippen LogP contribution in [0, 0.1) is 0 Å². The number of carbonyl (C=O) groups is 1. The predicted molar refractivity (Wildman–Crippen MR) is 72.2 cm³/mol. The van der Waals surface area contributed by atoms with Crippen LogP contribution in [0.15, 0.2) is 24.3 Å². The lowest BCUT2D eigenvalue weighted by Gasteiger charge is -2.37. The normalized spacial score (nSPS) is 20.5. The third kappa shape index (κ3) is 2.72. The van der Waals surface area contributed by atoms with Gasteiger partial charge in [0, 0.05) is 19.6 Å². The van der Waals surface area contributed by atoms with Gasteiger partial charge in [0.2, 0.25) is 0 Å². The van der Waals surface area contributed by atoms with Crippen molar-refractivity contribution in [3.8, 4) is 5.75 Å². The molecule has 0 bridgehead atoms. The Morgan fingerprint density at radius 1 is 1.26 bits per heavy atom. The summed E-state index contributed by atoms with van der Waals surface area (Å²) in [6.07, 6.45) is 0.932. The van der Waals surface area contributed by atoms with Crippen LogP contribution in [0.1, 0.15) is 18.9 Å². The third-order valence-electron chi connectivity index (χ3n) is 3.82. The Labute approximate surface area is 112 Å². The van der Waals surface area contributed by atoms with Crippen molar-refractivity contribution in [2.24, 2.45) is 0 Å². The molecular weight excluding hydrogens is 244 g/mol. The van der Waals surface area contributed by atoms with Gasteiger partial charge in [0.1, 0.15) is 11.3 Å². The number of phenolic OH excluding ortho intramolecular Hbond substituents is 1. The number of hydrogen-bond donors (Lipinski definition) is 3. The van der Waals surface area contributed by atoms with E-state index >= 15 is 0 Å². The molecule has 0 spiro atoms. The van der Waals surface area contributed by atoms with E-state index in [1.807, 2.05) is 4.90 Å². The van der Waals surface area contributed by atoms with Crippen molar-refractivity contribution >= 4 is 5.97 Å². The summed E-state index contributed by atoms with van der Waals surface area (Å²) in [5, 5.41) is 22.3. The lowest BCUT2D eigenvalue weighted by atomic mass is 9.89. The monoisotopic (exact) mass is 264 g/mol. The molecule has 1 fully saturated rings. The maximum absolute atomic E-state index is 11.8. The highest BCUT2D eigenvalue weighted by Crippen LogP contribution is 2.30. The zero-order chi connectivity index (χ0) is 13.9. The number of rotatable bonds is 3. The van der Waals surface area contributed by atoms with Crippen LogP contribution in [0.25, 0.3) is 0 Å². The summed E-state index contributed by atoms with van der Waals surface area (Å²) < 4.78 is 0. The van der Waals surface area contributed by atoms with Crippen LogP contribution < -0.4 is 5.32 Å². The molecule has 5 heteroatoms. The largest absolute Gasteiger partial charge is 0.508 e. The van der Waals surface area contributed by atoms with Crippen LogP contribution >= 0.6 is 0 Å². The Morgan fingerprint density at radius 2 is 1.95 bits per heavy atom. The average Bonchev–Trinajstić information content (AvgIpc) is 2.67. The minimum Gasteiger partial charge on any atom is -0.508 e. The number of nitrogens with zero attached hydrogens (tertiary/aromatic N) is 1. The van der Waals surface area contributed by atoms with Gasteiger partial charge in [-0.05, 0) is 37.6 Å². The molecule has 0 aliphatic carbocycles. The van der Waals surface area contributed by atoms with Gasteiger partial charge in [0.25, 0.3) is 0 Å². The number of phenols is 1. The van der Waals surface area contributed by atoms with Gasteiger partial charge in [-0.2, -0.15) is 0 Å². The molecule has 3 N–H and O–H groups in total. The van der Waals surface area contributed by atoms with E-state index in [9.17, 15) is 15.0 Å². The van der Waals surface area contributed by atoms with Gasteiger partial charge in [-0.3, -0.25) is 4.90 Å². The maximum Gasteiger partial charge on any atom is 0.328 e. The number of aromatic hydroxyl groups is 1. The minimum atomic E-state index is -1.06. The van der Waals surface area contributed by atoms with E-state index in [0.717, 1.165) is 26.1 Å². The molecule has 2 rings (SSSR count). The van der Waals surface area contributed by atoms with Crippen LogP contribution in [0.4, 0.5) is 0 Å². The first-order valence-corrected chi connectivity index (χ1v) is 6.54. The molecular formula is C14H20N2O3. The van der Waals surface area contributed by atoms with Crippen molar-refractivity contribution in [2.45, 2.75) is 18.9 Å². The topological polar surface area (TPSA) is 72.8 Å². The molecule has 1 aliphatic heterocycles. The summed E-state index contributed by atoms with van der Waals surface area (Å²) in [4.78, 5) is 13.8. The first kappa shape index (κ1) is 13.8. The molecule has 0 aromatic heterocycles. The van der Waals surface area contributed by atoms with Crippen molar-refractivity contribution in [1.29, 1.82) is 0 Å². The molecule has 1 aromatic rings. The first-order valence-electron chi connectivity index (χ1n) is 6.54. The van der Waals surface area contributed by atoms with Crippen molar-refractivity contribution < 1.29 is 15.0 Å². The Balaban J connectivity index is 2.35. The van der Waals surface area contributed by atoms with E-state index in [2.05, 4.69) is 5.32 Å². The highest BCUT2D eigenvalue weighted by atomic mass is 16.4. The van der Waals surface area contributed by atoms with Crippen molar-refractivity contribution in [3.63, 3.8) is 0 Å². The van der Waals surface area contributed by atoms with Gasteiger partial charge in [-0.1, -0.05) is 12.1 Å². The molecule has 1 atom stereocenters. The van der Waals surface area contributed by atoms with Gasteiger partial charge in [-0.15, -0.1) is 0 Å². The Morgan fingerprint density at radius 3 is 2.58 bits per heavy atom. The zero-order valence-corrected chi connectivity index (χ0v) is 11.1. The Hall–Kier alpha value is -1.59. The third-order valence-corrected chi connectivity index (χ3v) is 3.82. The van der Waals surface area contributed by atoms with Crippen molar-refractivity contribution in [3.05, 3.63) is 29.8 Å². The number of hydrogen-bond acceptors (Lipinski definition) is 4. The molecule has 1 heterocycles. The first-order chi connectivity index (χ1) is 9.05. The fraction of sp³-hybridized carbons (Fsp3) is 0.500. The van der Waals surface area contributed by atoms with Gasteiger partial charge in [-0.25, -0.2) is 4.79 Å². The molecule has 1 aliphatic rings. The molecule has 1 aromatic carbocycles. The second-order valence-corrected chi connectivity index (χ2v) is 5.01. The van der Waals surface area contributed by atoms with Crippen molar-refractivity contribution in [1.82, 2.24) is 10.2 Å². The van der Waals surface area contributed by atoms with Gasteiger partial charge in [0.15, 0.2) is 0 Å². The molecule has 0 amide bonds. The summed E-state index contributed by atoms with van der Waals surface area (Å²) in [7, 11) is 0. The Kier molecular flexibility index (Phi) is 4.07. The fourth-order valence-electron chi connectivity index (χ4n) is 2.52. The predicted octanol–water partition coefficient (Wildman–Crippen LogP) is 0.987. The summed E-state index contributed by atoms with van der Waals surface area (Å²) in [6, 6.07) is 6.43. The van der Waals surface area contributed by atoms with Crippen LogP contribution in [0.5, 0.6) is 5.75 Å². The summed E-state index contributed by atoms with van der Waals surface area (Å²) in [6.45, 7) is 4.89. The van der Waals surface area contributed by atoms with Crippen LogP contribution in [-0.4, -0.2) is 47.3 Å². The molecule has 19 heavy (non-hydrogen) atoms. The van der Waals surface area contributed by atoms with E-state index in [1.54, 1.807) is 19.1 Å². The zero-order valence-electron chi connectivity index (χ0n) is 11.1. The molecule has 1 saturated heterocycles. The quantitative estimate of drug-likeness (QED) is 0.759. The van der Waals surface area contributed by atoms with Gasteiger partial charge < -0.3 is 15.5 Å². The molecule has 0 radical (unpaired) electrons. The van der Waals surface area contributed by atoms with E-state index in [1.165, 1.54) is 12.1 Å². The van der Waals surface area contributed by atoms with E-state index in [0.29, 0.717) is 12.1 Å². The lowest BCUT2D eigenvalue weighted by molar-refractivity contribution is -0.151. The molecule has 0 saturated carbocycles. The number of nitrogens with one attached hydrogen (secondary N) is 1. The van der Waals surface area contributed by atoms with Crippen LogP contribution in [-0.2, 0) is 10.3 Å². The molecule has 5 nitrogen and oxygen atoms in total. The summed E-state index contributed by atoms with van der Waals surface area (Å²) in [5.74, 6) is -0.714. The smallest absolute Gasteiger partial charge is 0.328 e. The van der Waals surface area contributed by atoms with Crippen LogP contribution in [0.2, 0.25) is 0 Å². The van der Waals surface area contributed by atoms with E-state index < -0.39 is 11.5 Å². The highest BCUT2D eigenvalue weighted by Gasteiger charge is 2.41. The average molecular weight is 264 g/mol. The lowest BCUT2D eigenvalue weighted by Crippen LogP contribution is -2.51. The number of benzene rings is 1. The number of carboxylic acids is 1. The fourth-order valence-corrected chi connectivity index (χ4v) is 2.52. The minimum absolute atomic E-state index is 0.147. The van der Waals surface area contributed by atoms with Crippen molar-refractivity contribution in [2.75, 3.05) is 26.2 Å². The SMILES string of the molecule is CC(C(=O)O)(c1ccc(O)cc1)N1CCCNCC1. The summed E-state index contributed by atoms with van der Waals surface area (Å²) >= 11 is 0.